The SMILES string of the molecule is CN(C)c1ccc(C=NNC(=Nc2ccccc2)c2nc3ccccc3s2)cc1. The first-order valence-corrected chi connectivity index (χ1v) is 10.1. The van der Waals surface area contributed by atoms with Crippen molar-refractivity contribution in [1.29, 1.82) is 0 Å². The summed E-state index contributed by atoms with van der Waals surface area (Å²) in [6.45, 7) is 0. The summed E-state index contributed by atoms with van der Waals surface area (Å²) >= 11 is 1.59. The number of nitrogens with zero attached hydrogens (tertiary/aromatic N) is 4. The van der Waals surface area contributed by atoms with Crippen molar-refractivity contribution >= 4 is 45.0 Å². The number of amidine groups is 1. The molecule has 4 rings (SSSR count). The summed E-state index contributed by atoms with van der Waals surface area (Å²) in [5.41, 5.74) is 7.05. The second kappa shape index (κ2) is 8.67. The minimum atomic E-state index is 0.624. The van der Waals surface area contributed by atoms with Crippen LogP contribution in [-0.2, 0) is 0 Å². The average molecular weight is 400 g/mol. The average Bonchev–Trinajstić information content (AvgIpc) is 3.18. The maximum atomic E-state index is 4.73. The third kappa shape index (κ3) is 4.67. The van der Waals surface area contributed by atoms with Crippen LogP contribution in [0.1, 0.15) is 10.6 Å². The van der Waals surface area contributed by atoms with Crippen molar-refractivity contribution in [1.82, 2.24) is 10.4 Å². The number of anilines is 1. The lowest BCUT2D eigenvalue weighted by Gasteiger charge is -2.11. The number of benzene rings is 3. The number of hydrazone groups is 1. The third-order valence-electron chi connectivity index (χ3n) is 4.29. The van der Waals surface area contributed by atoms with Gasteiger partial charge in [-0.3, -0.25) is 5.43 Å². The van der Waals surface area contributed by atoms with E-state index in [2.05, 4.69) is 33.6 Å². The van der Waals surface area contributed by atoms with Crippen LogP contribution < -0.4 is 10.3 Å². The maximum absolute atomic E-state index is 4.73. The van der Waals surface area contributed by atoms with E-state index < -0.39 is 0 Å². The fraction of sp³-hybridized carbons (Fsp3) is 0.0870. The standard InChI is InChI=1S/C23H21N5S/c1-28(2)19-14-12-17(13-15-19)16-24-27-22(25-18-8-4-3-5-9-18)23-26-20-10-6-7-11-21(20)29-23/h3-16H,1-2H3,(H,25,27). The number of aromatic nitrogens is 1. The Morgan fingerprint density at radius 2 is 1.66 bits per heavy atom. The number of fused-ring (bicyclic) bond motifs is 1. The van der Waals surface area contributed by atoms with Crippen LogP contribution in [0, 0.1) is 0 Å². The lowest BCUT2D eigenvalue weighted by Crippen LogP contribution is -2.18. The molecular weight excluding hydrogens is 378 g/mol. The molecular formula is C23H21N5S. The number of para-hydroxylation sites is 2. The second-order valence-electron chi connectivity index (χ2n) is 6.64. The first kappa shape index (κ1) is 18.8. The van der Waals surface area contributed by atoms with E-state index in [0.29, 0.717) is 5.84 Å². The summed E-state index contributed by atoms with van der Waals surface area (Å²) in [6.07, 6.45) is 1.78. The van der Waals surface area contributed by atoms with Crippen molar-refractivity contribution in [3.63, 3.8) is 0 Å². The highest BCUT2D eigenvalue weighted by Gasteiger charge is 2.10. The normalized spacial score (nSPS) is 11.9. The van der Waals surface area contributed by atoms with Gasteiger partial charge in [0.2, 0.25) is 0 Å². The van der Waals surface area contributed by atoms with Gasteiger partial charge in [0.15, 0.2) is 10.8 Å². The van der Waals surface area contributed by atoms with Gasteiger partial charge in [-0.2, -0.15) is 5.10 Å². The molecule has 0 spiro atoms. The first-order valence-electron chi connectivity index (χ1n) is 9.25. The largest absolute Gasteiger partial charge is 0.378 e. The molecule has 144 valence electrons. The van der Waals surface area contributed by atoms with Gasteiger partial charge in [0.1, 0.15) is 0 Å². The molecule has 0 bridgehead atoms. The van der Waals surface area contributed by atoms with E-state index in [1.807, 2.05) is 74.8 Å². The summed E-state index contributed by atoms with van der Waals surface area (Å²) in [6, 6.07) is 26.1. The first-order chi connectivity index (χ1) is 14.2. The lowest BCUT2D eigenvalue weighted by atomic mass is 10.2. The predicted octanol–water partition coefficient (Wildman–Crippen LogP) is 5.06. The number of nitrogens with one attached hydrogen (secondary N) is 1. The quantitative estimate of drug-likeness (QED) is 0.290. The van der Waals surface area contributed by atoms with Crippen molar-refractivity contribution in [2.45, 2.75) is 0 Å². The van der Waals surface area contributed by atoms with Gasteiger partial charge in [0.25, 0.3) is 0 Å². The summed E-state index contributed by atoms with van der Waals surface area (Å²) < 4.78 is 1.12. The van der Waals surface area contributed by atoms with Crippen molar-refractivity contribution in [3.05, 3.63) is 89.4 Å². The molecule has 0 amide bonds. The van der Waals surface area contributed by atoms with Crippen LogP contribution in [0.25, 0.3) is 10.2 Å². The molecule has 1 aromatic heterocycles. The Morgan fingerprint density at radius 1 is 0.931 bits per heavy atom. The van der Waals surface area contributed by atoms with Gasteiger partial charge in [-0.1, -0.05) is 42.5 Å². The molecule has 6 heteroatoms. The molecule has 0 aliphatic heterocycles. The Morgan fingerprint density at radius 3 is 2.38 bits per heavy atom. The van der Waals surface area contributed by atoms with Crippen molar-refractivity contribution < 1.29 is 0 Å². The fourth-order valence-electron chi connectivity index (χ4n) is 2.75. The molecule has 0 aliphatic rings. The maximum Gasteiger partial charge on any atom is 0.183 e. The van der Waals surface area contributed by atoms with Gasteiger partial charge >= 0.3 is 0 Å². The minimum Gasteiger partial charge on any atom is -0.378 e. The van der Waals surface area contributed by atoms with E-state index in [1.54, 1.807) is 17.6 Å². The van der Waals surface area contributed by atoms with Gasteiger partial charge in [-0.15, -0.1) is 11.3 Å². The van der Waals surface area contributed by atoms with Crippen LogP contribution in [0.3, 0.4) is 0 Å². The molecule has 0 radical (unpaired) electrons. The molecule has 0 saturated carbocycles. The summed E-state index contributed by atoms with van der Waals surface area (Å²) in [5.74, 6) is 0.624. The molecule has 5 nitrogen and oxygen atoms in total. The van der Waals surface area contributed by atoms with Gasteiger partial charge < -0.3 is 4.90 Å². The highest BCUT2D eigenvalue weighted by atomic mass is 32.1. The van der Waals surface area contributed by atoms with Crippen LogP contribution in [0.2, 0.25) is 0 Å². The van der Waals surface area contributed by atoms with Crippen LogP contribution >= 0.6 is 11.3 Å². The summed E-state index contributed by atoms with van der Waals surface area (Å²) in [7, 11) is 4.05. The Kier molecular flexibility index (Phi) is 5.63. The number of aliphatic imine (C=N–C) groups is 1. The molecule has 0 aliphatic carbocycles. The lowest BCUT2D eigenvalue weighted by molar-refractivity contribution is 1.03. The van der Waals surface area contributed by atoms with Gasteiger partial charge in [-0.05, 0) is 42.0 Å². The number of thiazole rings is 1. The number of rotatable bonds is 5. The molecule has 0 fully saturated rings. The van der Waals surface area contributed by atoms with Crippen molar-refractivity contribution in [2.24, 2.45) is 10.1 Å². The molecule has 1 heterocycles. The van der Waals surface area contributed by atoms with E-state index in [4.69, 9.17) is 9.98 Å². The Balaban J connectivity index is 1.61. The molecule has 1 N–H and O–H groups in total. The summed E-state index contributed by atoms with van der Waals surface area (Å²) in [4.78, 5) is 11.5. The van der Waals surface area contributed by atoms with E-state index in [-0.39, 0.29) is 0 Å². The van der Waals surface area contributed by atoms with E-state index >= 15 is 0 Å². The highest BCUT2D eigenvalue weighted by molar-refractivity contribution is 7.20. The molecule has 0 saturated heterocycles. The van der Waals surface area contributed by atoms with Crippen LogP contribution in [0.4, 0.5) is 11.4 Å². The van der Waals surface area contributed by atoms with Crippen LogP contribution in [-0.4, -0.2) is 31.1 Å². The van der Waals surface area contributed by atoms with Gasteiger partial charge in [-0.25, -0.2) is 9.98 Å². The van der Waals surface area contributed by atoms with Gasteiger partial charge in [0.05, 0.1) is 22.1 Å². The second-order valence-corrected chi connectivity index (χ2v) is 7.67. The molecule has 0 atom stereocenters. The van der Waals surface area contributed by atoms with Crippen LogP contribution in [0.15, 0.2) is 89.0 Å². The Hall–Kier alpha value is -3.51. The zero-order valence-electron chi connectivity index (χ0n) is 16.3. The molecule has 0 unspecified atom stereocenters. The zero-order chi connectivity index (χ0) is 20.1. The zero-order valence-corrected chi connectivity index (χ0v) is 17.1. The smallest absolute Gasteiger partial charge is 0.183 e. The molecule has 4 aromatic rings. The topological polar surface area (TPSA) is 52.9 Å². The monoisotopic (exact) mass is 399 g/mol. The van der Waals surface area contributed by atoms with Crippen molar-refractivity contribution in [2.75, 3.05) is 19.0 Å². The summed E-state index contributed by atoms with van der Waals surface area (Å²) in [5, 5.41) is 5.21. The fourth-order valence-corrected chi connectivity index (χ4v) is 3.66. The minimum absolute atomic E-state index is 0.624. The molecule has 3 aromatic carbocycles. The number of hydrogen-bond acceptors (Lipinski definition) is 5. The van der Waals surface area contributed by atoms with E-state index in [1.165, 1.54) is 0 Å². The van der Waals surface area contributed by atoms with Gasteiger partial charge in [0, 0.05) is 19.8 Å². The highest BCUT2D eigenvalue weighted by Crippen LogP contribution is 2.23. The Bertz CT molecular complexity index is 1110. The molecule has 29 heavy (non-hydrogen) atoms. The predicted molar refractivity (Wildman–Crippen MR) is 124 cm³/mol. The van der Waals surface area contributed by atoms with Crippen LogP contribution in [0.5, 0.6) is 0 Å². The number of hydrogen-bond donors (Lipinski definition) is 1. The Labute approximate surface area is 174 Å². The van der Waals surface area contributed by atoms with Crippen molar-refractivity contribution in [3.8, 4) is 0 Å². The van der Waals surface area contributed by atoms with E-state index in [9.17, 15) is 0 Å². The third-order valence-corrected chi connectivity index (χ3v) is 5.33. The van der Waals surface area contributed by atoms with E-state index in [0.717, 1.165) is 32.2 Å².